The summed E-state index contributed by atoms with van der Waals surface area (Å²) in [6.07, 6.45) is 3.74. The fraction of sp³-hybridized carbons (Fsp3) is 0.273. The van der Waals surface area contributed by atoms with E-state index in [2.05, 4.69) is 16.0 Å². The highest BCUT2D eigenvalue weighted by molar-refractivity contribution is 5.58. The zero-order valence-corrected chi connectivity index (χ0v) is 8.65. The van der Waals surface area contributed by atoms with Gasteiger partial charge in [-0.3, -0.25) is 4.98 Å². The lowest BCUT2D eigenvalue weighted by Crippen LogP contribution is -1.96. The Morgan fingerprint density at radius 1 is 1.21 bits per heavy atom. The predicted molar refractivity (Wildman–Crippen MR) is 55.9 cm³/mol. The molecule has 2 rings (SSSR count). The molecule has 72 valence electrons. The predicted octanol–water partition coefficient (Wildman–Crippen LogP) is 2.10. The second-order valence-corrected chi connectivity index (χ2v) is 3.45. The average molecular weight is 187 g/mol. The van der Waals surface area contributed by atoms with Gasteiger partial charge in [-0.05, 0) is 26.0 Å². The topological polar surface area (TPSA) is 30.7 Å². The third kappa shape index (κ3) is 1.41. The van der Waals surface area contributed by atoms with Crippen LogP contribution in [0.15, 0.2) is 24.5 Å². The van der Waals surface area contributed by atoms with E-state index in [0.717, 1.165) is 22.8 Å². The summed E-state index contributed by atoms with van der Waals surface area (Å²) in [5.41, 5.74) is 3.17. The van der Waals surface area contributed by atoms with E-state index in [1.807, 2.05) is 37.7 Å². The maximum atomic E-state index is 4.42. The summed E-state index contributed by atoms with van der Waals surface area (Å²) in [6, 6.07) is 4.08. The third-order valence-corrected chi connectivity index (χ3v) is 2.29. The van der Waals surface area contributed by atoms with Crippen LogP contribution >= 0.6 is 0 Å². The highest BCUT2D eigenvalue weighted by Gasteiger charge is 2.06. The van der Waals surface area contributed by atoms with Crippen molar-refractivity contribution in [3.63, 3.8) is 0 Å². The van der Waals surface area contributed by atoms with Crippen LogP contribution in [0.3, 0.4) is 0 Å². The summed E-state index contributed by atoms with van der Waals surface area (Å²) in [6.45, 7) is 4.01. The summed E-state index contributed by atoms with van der Waals surface area (Å²) in [5.74, 6) is 0.968. The van der Waals surface area contributed by atoms with Gasteiger partial charge in [-0.15, -0.1) is 0 Å². The summed E-state index contributed by atoms with van der Waals surface area (Å²) in [5, 5.41) is 0. The third-order valence-electron chi connectivity index (χ3n) is 2.29. The minimum absolute atomic E-state index is 0.968. The van der Waals surface area contributed by atoms with Crippen LogP contribution in [0.2, 0.25) is 0 Å². The molecule has 0 fully saturated rings. The number of rotatable bonds is 1. The van der Waals surface area contributed by atoms with E-state index in [-0.39, 0.29) is 0 Å². The fourth-order valence-corrected chi connectivity index (χ4v) is 1.55. The van der Waals surface area contributed by atoms with Gasteiger partial charge in [-0.1, -0.05) is 0 Å². The molecule has 0 saturated carbocycles. The van der Waals surface area contributed by atoms with Crippen LogP contribution in [-0.4, -0.2) is 14.5 Å². The van der Waals surface area contributed by atoms with Gasteiger partial charge >= 0.3 is 0 Å². The molecule has 0 N–H and O–H groups in total. The van der Waals surface area contributed by atoms with Gasteiger partial charge in [0.1, 0.15) is 5.82 Å². The van der Waals surface area contributed by atoms with Crippen LogP contribution in [0.4, 0.5) is 0 Å². The SMILES string of the molecule is Cc1ccc(-c2nccn2C)c(C)n1. The van der Waals surface area contributed by atoms with Gasteiger partial charge in [-0.25, -0.2) is 4.98 Å². The maximum Gasteiger partial charge on any atom is 0.141 e. The molecule has 14 heavy (non-hydrogen) atoms. The Kier molecular flexibility index (Phi) is 2.08. The van der Waals surface area contributed by atoms with Crippen LogP contribution in [0.1, 0.15) is 11.4 Å². The van der Waals surface area contributed by atoms with Crippen molar-refractivity contribution in [2.45, 2.75) is 13.8 Å². The summed E-state index contributed by atoms with van der Waals surface area (Å²) in [7, 11) is 1.99. The van der Waals surface area contributed by atoms with Crippen molar-refractivity contribution in [1.82, 2.24) is 14.5 Å². The second kappa shape index (κ2) is 3.25. The number of pyridine rings is 1. The van der Waals surface area contributed by atoms with Crippen LogP contribution in [0.25, 0.3) is 11.4 Å². The number of hydrogen-bond acceptors (Lipinski definition) is 2. The Morgan fingerprint density at radius 2 is 2.00 bits per heavy atom. The van der Waals surface area contributed by atoms with E-state index in [1.54, 1.807) is 6.20 Å². The smallest absolute Gasteiger partial charge is 0.141 e. The quantitative estimate of drug-likeness (QED) is 0.684. The highest BCUT2D eigenvalue weighted by atomic mass is 15.0. The van der Waals surface area contributed by atoms with E-state index in [1.165, 1.54) is 0 Å². The van der Waals surface area contributed by atoms with Gasteiger partial charge in [0.2, 0.25) is 0 Å². The van der Waals surface area contributed by atoms with E-state index >= 15 is 0 Å². The number of aromatic nitrogens is 3. The van der Waals surface area contributed by atoms with Crippen molar-refractivity contribution in [1.29, 1.82) is 0 Å². The molecule has 0 aliphatic rings. The molecule has 0 aromatic carbocycles. The number of imidazole rings is 1. The molecule has 2 aromatic rings. The molecular formula is C11H13N3. The Bertz CT molecular complexity index is 457. The first-order valence-electron chi connectivity index (χ1n) is 4.60. The monoisotopic (exact) mass is 187 g/mol. The first-order chi connectivity index (χ1) is 6.68. The van der Waals surface area contributed by atoms with Crippen molar-refractivity contribution in [2.75, 3.05) is 0 Å². The number of hydrogen-bond donors (Lipinski definition) is 0. The van der Waals surface area contributed by atoms with E-state index in [9.17, 15) is 0 Å². The molecule has 0 amide bonds. The van der Waals surface area contributed by atoms with Crippen LogP contribution in [-0.2, 0) is 7.05 Å². The number of aryl methyl sites for hydroxylation is 3. The molecule has 2 heterocycles. The lowest BCUT2D eigenvalue weighted by molar-refractivity contribution is 0.919. The molecule has 0 atom stereocenters. The molecular weight excluding hydrogens is 174 g/mol. The van der Waals surface area contributed by atoms with Gasteiger partial charge < -0.3 is 4.57 Å². The van der Waals surface area contributed by atoms with Gasteiger partial charge in [0.25, 0.3) is 0 Å². The number of nitrogens with zero attached hydrogens (tertiary/aromatic N) is 3. The molecule has 2 aromatic heterocycles. The molecule has 0 saturated heterocycles. The Balaban J connectivity index is 2.58. The largest absolute Gasteiger partial charge is 0.334 e. The lowest BCUT2D eigenvalue weighted by atomic mass is 10.2. The normalized spacial score (nSPS) is 10.5. The molecule has 0 aliphatic heterocycles. The molecule has 0 unspecified atom stereocenters. The van der Waals surface area contributed by atoms with Gasteiger partial charge in [0.05, 0.1) is 0 Å². The Hall–Kier alpha value is -1.64. The van der Waals surface area contributed by atoms with Gasteiger partial charge in [0, 0.05) is 36.4 Å². The average Bonchev–Trinajstić information content (AvgIpc) is 2.52. The standard InChI is InChI=1S/C11H13N3/c1-8-4-5-10(9(2)13-8)11-12-6-7-14(11)3/h4-7H,1-3H3. The molecule has 0 aliphatic carbocycles. The minimum atomic E-state index is 0.968. The summed E-state index contributed by atoms with van der Waals surface area (Å²) in [4.78, 5) is 8.72. The maximum absolute atomic E-state index is 4.42. The van der Waals surface area contributed by atoms with Crippen molar-refractivity contribution >= 4 is 0 Å². The highest BCUT2D eigenvalue weighted by Crippen LogP contribution is 2.19. The van der Waals surface area contributed by atoms with Crippen molar-refractivity contribution in [3.8, 4) is 11.4 Å². The summed E-state index contributed by atoms with van der Waals surface area (Å²) >= 11 is 0. The van der Waals surface area contributed by atoms with Gasteiger partial charge in [-0.2, -0.15) is 0 Å². The minimum Gasteiger partial charge on any atom is -0.334 e. The Morgan fingerprint density at radius 3 is 2.57 bits per heavy atom. The molecule has 0 spiro atoms. The van der Waals surface area contributed by atoms with Crippen molar-refractivity contribution < 1.29 is 0 Å². The van der Waals surface area contributed by atoms with Crippen LogP contribution in [0.5, 0.6) is 0 Å². The van der Waals surface area contributed by atoms with Crippen LogP contribution in [0, 0.1) is 13.8 Å². The van der Waals surface area contributed by atoms with Gasteiger partial charge in [0.15, 0.2) is 0 Å². The first-order valence-corrected chi connectivity index (χ1v) is 4.60. The van der Waals surface area contributed by atoms with E-state index in [0.29, 0.717) is 0 Å². The lowest BCUT2D eigenvalue weighted by Gasteiger charge is -2.05. The summed E-state index contributed by atoms with van der Waals surface area (Å²) < 4.78 is 2.00. The van der Waals surface area contributed by atoms with E-state index < -0.39 is 0 Å². The van der Waals surface area contributed by atoms with Crippen molar-refractivity contribution in [3.05, 3.63) is 35.9 Å². The Labute approximate surface area is 83.4 Å². The molecule has 0 bridgehead atoms. The first kappa shape index (κ1) is 8.94. The zero-order valence-electron chi connectivity index (χ0n) is 8.65. The van der Waals surface area contributed by atoms with E-state index in [4.69, 9.17) is 0 Å². The molecule has 3 nitrogen and oxygen atoms in total. The van der Waals surface area contributed by atoms with Crippen molar-refractivity contribution in [2.24, 2.45) is 7.05 Å². The molecule has 3 heteroatoms. The molecule has 0 radical (unpaired) electrons. The van der Waals surface area contributed by atoms with Crippen LogP contribution < -0.4 is 0 Å². The zero-order chi connectivity index (χ0) is 10.1. The fourth-order valence-electron chi connectivity index (χ4n) is 1.55. The second-order valence-electron chi connectivity index (χ2n) is 3.45.